The van der Waals surface area contributed by atoms with E-state index in [1.165, 1.54) is 0 Å². The Bertz CT molecular complexity index is 826. The van der Waals surface area contributed by atoms with Gasteiger partial charge in [0.05, 0.1) is 13.2 Å². The quantitative estimate of drug-likeness (QED) is 0.105. The predicted octanol–water partition coefficient (Wildman–Crippen LogP) is -12.3. The largest absolute Gasteiger partial charge is 2.00 e. The van der Waals surface area contributed by atoms with Crippen molar-refractivity contribution in [3.8, 4) is 0 Å². The fourth-order valence-corrected chi connectivity index (χ4v) is 2.77. The molecule has 2 rings (SSSR count). The molecule has 2 aliphatic rings. The van der Waals surface area contributed by atoms with Gasteiger partial charge >= 0.3 is 125 Å². The van der Waals surface area contributed by atoms with Crippen molar-refractivity contribution < 1.29 is 104 Å². The average molecular weight is 680 g/mol. The summed E-state index contributed by atoms with van der Waals surface area (Å²) in [5.74, 6) is -8.20. The Morgan fingerprint density at radius 2 is 0.947 bits per heavy atom. The van der Waals surface area contributed by atoms with Crippen LogP contribution in [-0.2, 0) is 37.2 Å². The SMILES string of the molecule is O.O.O.O=C1O[C@H]([C@@H](O)CO)C([O-])=C1OP(=O)([O-])[O-].O=C1O[C@H]([C@@H](O)CO)C([O-])=C1OP(=O)([O-])[O-].[Ca+2].[Ca+2].[Ca+2]. The molecule has 26 heteroatoms. The van der Waals surface area contributed by atoms with Crippen LogP contribution >= 0.6 is 15.6 Å². The standard InChI is InChI=1S/2C6H9O9P.3Ca.3H2O/c2*7-1-2(8)4-3(9)5(6(10)14-4)15-16(11,12)13;;;;;;/h2*2,4,7-9H,1H2,(H2,11,12,13);;;;3*1H2/q;;3*+2;;;/p-6/t2*2-,4+;;;;;;/m00....../s1. The first kappa shape index (κ1) is 52.1. The van der Waals surface area contributed by atoms with Gasteiger partial charge in [-0.05, 0) is 11.5 Å². The Morgan fingerprint density at radius 1 is 0.711 bits per heavy atom. The van der Waals surface area contributed by atoms with Crippen molar-refractivity contribution in [1.82, 2.24) is 0 Å². The van der Waals surface area contributed by atoms with Gasteiger partial charge in [0.25, 0.3) is 0 Å². The summed E-state index contributed by atoms with van der Waals surface area (Å²) < 4.78 is 36.0. The first-order chi connectivity index (χ1) is 14.5. The summed E-state index contributed by atoms with van der Waals surface area (Å²) in [6.45, 7) is -1.77. The number of aliphatic hydroxyl groups excluding tert-OH is 4. The Balaban J connectivity index is -0.000000116. The van der Waals surface area contributed by atoms with Gasteiger partial charge in [-0.15, -0.1) is 0 Å². The zero-order chi connectivity index (χ0) is 25.0. The number of hydrogen-bond donors (Lipinski definition) is 4. The number of esters is 2. The normalized spacial score (nSPS) is 19.6. The van der Waals surface area contributed by atoms with Gasteiger partial charge in [-0.25, -0.2) is 9.59 Å². The van der Waals surface area contributed by atoms with Crippen molar-refractivity contribution in [2.75, 3.05) is 13.2 Å². The van der Waals surface area contributed by atoms with E-state index in [1.54, 1.807) is 0 Å². The molecule has 10 N–H and O–H groups in total. The Morgan fingerprint density at radius 3 is 1.13 bits per heavy atom. The summed E-state index contributed by atoms with van der Waals surface area (Å²) in [7, 11) is -11.1. The van der Waals surface area contributed by atoms with Crippen molar-refractivity contribution >= 4 is 141 Å². The molecule has 0 saturated carbocycles. The molecule has 0 aromatic carbocycles. The fraction of sp³-hybridized carbons (Fsp3) is 0.500. The summed E-state index contributed by atoms with van der Waals surface area (Å²) >= 11 is 0. The molecule has 0 saturated heterocycles. The summed E-state index contributed by atoms with van der Waals surface area (Å²) in [5.41, 5.74) is 0. The zero-order valence-corrected chi connectivity index (χ0v) is 27.2. The molecular formula is C12H18Ca3O21P2. The molecule has 0 amide bonds. The number of carbonyl (C=O) groups is 2. The van der Waals surface area contributed by atoms with Crippen LogP contribution in [0.2, 0.25) is 0 Å². The minimum absolute atomic E-state index is 0. The summed E-state index contributed by atoms with van der Waals surface area (Å²) in [5, 5.41) is 57.5. The van der Waals surface area contributed by atoms with Crippen LogP contribution < -0.4 is 29.8 Å². The first-order valence-corrected chi connectivity index (χ1v) is 10.7. The van der Waals surface area contributed by atoms with Gasteiger partial charge < -0.3 is 94.3 Å². The van der Waals surface area contributed by atoms with E-state index in [9.17, 15) is 48.5 Å². The van der Waals surface area contributed by atoms with E-state index in [0.717, 1.165) is 0 Å². The summed E-state index contributed by atoms with van der Waals surface area (Å²) in [6.07, 6.45) is -6.96. The van der Waals surface area contributed by atoms with E-state index in [0.29, 0.717) is 0 Å². The van der Waals surface area contributed by atoms with Gasteiger partial charge in [-0.2, -0.15) is 0 Å². The van der Waals surface area contributed by atoms with Crippen molar-refractivity contribution in [3.63, 3.8) is 0 Å². The molecule has 0 bridgehead atoms. The molecular weight excluding hydrogens is 662 g/mol. The van der Waals surface area contributed by atoms with E-state index in [4.69, 9.17) is 20.4 Å². The van der Waals surface area contributed by atoms with Crippen LogP contribution in [0.1, 0.15) is 0 Å². The zero-order valence-electron chi connectivity index (χ0n) is 18.7. The maximum Gasteiger partial charge on any atom is 2.00 e. The van der Waals surface area contributed by atoms with Crippen molar-refractivity contribution in [1.29, 1.82) is 0 Å². The third-order valence-corrected chi connectivity index (χ3v) is 4.09. The fourth-order valence-electron chi connectivity index (χ4n) is 1.99. The maximum atomic E-state index is 11.2. The minimum atomic E-state index is -5.56. The molecule has 0 aliphatic carbocycles. The van der Waals surface area contributed by atoms with Gasteiger partial charge in [-0.1, -0.05) is 0 Å². The van der Waals surface area contributed by atoms with Crippen LogP contribution in [0.4, 0.5) is 0 Å². The third-order valence-electron chi connectivity index (χ3n) is 3.28. The molecule has 208 valence electrons. The van der Waals surface area contributed by atoms with Crippen LogP contribution in [0.5, 0.6) is 0 Å². The second-order valence-corrected chi connectivity index (χ2v) is 7.77. The summed E-state index contributed by atoms with van der Waals surface area (Å²) in [6, 6.07) is 0. The van der Waals surface area contributed by atoms with Gasteiger partial charge in [0.2, 0.25) is 11.5 Å². The monoisotopic (exact) mass is 680 g/mol. The van der Waals surface area contributed by atoms with Crippen LogP contribution in [0, 0.1) is 0 Å². The van der Waals surface area contributed by atoms with E-state index < -0.39 is 88.3 Å². The van der Waals surface area contributed by atoms with Crippen LogP contribution in [0.25, 0.3) is 0 Å². The summed E-state index contributed by atoms with van der Waals surface area (Å²) in [4.78, 5) is 62.5. The number of ether oxygens (including phenoxy) is 2. The van der Waals surface area contributed by atoms with Gasteiger partial charge in [-0.3, -0.25) is 0 Å². The van der Waals surface area contributed by atoms with E-state index in [1.807, 2.05) is 0 Å². The molecule has 0 unspecified atom stereocenters. The number of cyclic esters (lactones) is 2. The van der Waals surface area contributed by atoms with E-state index >= 15 is 0 Å². The molecule has 0 spiro atoms. The van der Waals surface area contributed by atoms with Gasteiger partial charge in [0.15, 0.2) is 0 Å². The molecule has 2 heterocycles. The van der Waals surface area contributed by atoms with Crippen molar-refractivity contribution in [2.45, 2.75) is 24.4 Å². The number of phosphoric acid groups is 2. The van der Waals surface area contributed by atoms with Crippen LogP contribution in [0.15, 0.2) is 23.0 Å². The van der Waals surface area contributed by atoms with Crippen molar-refractivity contribution in [3.05, 3.63) is 23.0 Å². The second-order valence-electron chi connectivity index (χ2n) is 5.62. The van der Waals surface area contributed by atoms with E-state index in [2.05, 4.69) is 18.5 Å². The number of hydrogen-bond acceptors (Lipinski definition) is 18. The molecule has 0 radical (unpaired) electrons. The third kappa shape index (κ3) is 16.2. The Kier molecular flexibility index (Phi) is 30.2. The van der Waals surface area contributed by atoms with Gasteiger partial charge in [0, 0.05) is 0 Å². The Labute approximate surface area is 301 Å². The smallest absolute Gasteiger partial charge is 0.870 e. The number of rotatable bonds is 8. The molecule has 0 aromatic heterocycles. The van der Waals surface area contributed by atoms with Crippen molar-refractivity contribution in [2.24, 2.45) is 0 Å². The minimum Gasteiger partial charge on any atom is -0.870 e. The molecule has 4 atom stereocenters. The molecule has 0 aromatic rings. The molecule has 21 nitrogen and oxygen atoms in total. The Hall–Kier alpha value is 1.42. The van der Waals surface area contributed by atoms with Crippen LogP contribution in [0.3, 0.4) is 0 Å². The topological polar surface area (TPSA) is 419 Å². The number of phosphoric ester groups is 2. The second kappa shape index (κ2) is 22.0. The van der Waals surface area contributed by atoms with Crippen LogP contribution in [-0.4, -0.2) is 200 Å². The van der Waals surface area contributed by atoms with E-state index in [-0.39, 0.29) is 130 Å². The number of carbonyl (C=O) groups excluding carboxylic acids is 2. The molecule has 2 aliphatic heterocycles. The first-order valence-electron chi connectivity index (χ1n) is 7.77. The van der Waals surface area contributed by atoms with Gasteiger partial charge in [0.1, 0.15) is 40.1 Å². The maximum absolute atomic E-state index is 11.2. The molecule has 38 heavy (non-hydrogen) atoms. The molecule has 0 fully saturated rings. The predicted molar refractivity (Wildman–Crippen MR) is 105 cm³/mol. The average Bonchev–Trinajstić information content (AvgIpc) is 3.10. The number of aliphatic hydroxyl groups is 4.